The minimum absolute atomic E-state index is 0.199. The lowest BCUT2D eigenvalue weighted by molar-refractivity contribution is -0.144. The molecule has 0 saturated carbocycles. The molecule has 0 atom stereocenters. The van der Waals surface area contributed by atoms with E-state index in [-0.39, 0.29) is 19.0 Å². The summed E-state index contributed by atoms with van der Waals surface area (Å²) >= 11 is 1.55. The summed E-state index contributed by atoms with van der Waals surface area (Å²) in [4.78, 5) is 19.8. The maximum Gasteiger partial charge on any atom is 0.310 e. The van der Waals surface area contributed by atoms with Crippen molar-refractivity contribution in [3.05, 3.63) is 77.4 Å². The summed E-state index contributed by atoms with van der Waals surface area (Å²) in [6.07, 6.45) is 2.11. The molecule has 4 aromatic rings. The largest absolute Gasteiger partial charge is 0.459 e. The molecule has 124 valence electrons. The summed E-state index contributed by atoms with van der Waals surface area (Å²) in [5.74, 6) is -0.251. The molecule has 0 amide bonds. The van der Waals surface area contributed by atoms with Gasteiger partial charge in [0, 0.05) is 28.0 Å². The predicted octanol–water partition coefficient (Wildman–Crippen LogP) is 4.58. The van der Waals surface area contributed by atoms with E-state index >= 15 is 0 Å². The maximum absolute atomic E-state index is 12.1. The third-order valence-electron chi connectivity index (χ3n) is 3.96. The van der Waals surface area contributed by atoms with Crippen molar-refractivity contribution in [2.75, 3.05) is 0 Å². The second-order valence-corrected chi connectivity index (χ2v) is 6.57. The molecule has 2 aromatic heterocycles. The fraction of sp³-hybridized carbons (Fsp3) is 0.100. The van der Waals surface area contributed by atoms with E-state index in [4.69, 9.17) is 4.74 Å². The van der Waals surface area contributed by atoms with Crippen LogP contribution >= 0.6 is 11.3 Å². The second kappa shape index (κ2) is 6.91. The Bertz CT molecular complexity index is 1000. The number of rotatable bonds is 5. The third kappa shape index (κ3) is 3.46. The third-order valence-corrected chi connectivity index (χ3v) is 4.90. The number of benzene rings is 2. The van der Waals surface area contributed by atoms with E-state index in [1.807, 2.05) is 66.2 Å². The summed E-state index contributed by atoms with van der Waals surface area (Å²) < 4.78 is 5.39. The number of H-pyrrole nitrogens is 1. The number of aromatic amines is 1. The first-order valence-corrected chi connectivity index (χ1v) is 8.88. The second-order valence-electron chi connectivity index (χ2n) is 5.71. The SMILES string of the molecule is O=C(Cc1c[nH]c2ccccc12)OCc1csc(-c2ccccc2)n1. The zero-order valence-electron chi connectivity index (χ0n) is 13.4. The monoisotopic (exact) mass is 348 g/mol. The Hall–Kier alpha value is -2.92. The molecular formula is C20H16N2O2S. The highest BCUT2D eigenvalue weighted by Gasteiger charge is 2.11. The number of aromatic nitrogens is 2. The lowest BCUT2D eigenvalue weighted by Crippen LogP contribution is -2.07. The molecule has 0 saturated heterocycles. The van der Waals surface area contributed by atoms with Crippen molar-refractivity contribution in [1.29, 1.82) is 0 Å². The molecule has 0 aliphatic rings. The highest BCUT2D eigenvalue weighted by molar-refractivity contribution is 7.13. The van der Waals surface area contributed by atoms with Crippen LogP contribution in [0.3, 0.4) is 0 Å². The lowest BCUT2D eigenvalue weighted by atomic mass is 10.1. The van der Waals surface area contributed by atoms with Gasteiger partial charge in [-0.05, 0) is 11.6 Å². The van der Waals surface area contributed by atoms with Crippen LogP contribution in [0.2, 0.25) is 0 Å². The number of nitrogens with one attached hydrogen (secondary N) is 1. The number of fused-ring (bicyclic) bond motifs is 1. The van der Waals surface area contributed by atoms with Crippen molar-refractivity contribution in [2.24, 2.45) is 0 Å². The maximum atomic E-state index is 12.1. The molecule has 0 unspecified atom stereocenters. The fourth-order valence-corrected chi connectivity index (χ4v) is 3.54. The summed E-state index contributed by atoms with van der Waals surface area (Å²) in [6.45, 7) is 0.199. The van der Waals surface area contributed by atoms with Gasteiger partial charge in [0.25, 0.3) is 0 Å². The zero-order chi connectivity index (χ0) is 17.1. The molecular weight excluding hydrogens is 332 g/mol. The molecule has 2 aromatic carbocycles. The molecule has 0 fully saturated rings. The van der Waals surface area contributed by atoms with Gasteiger partial charge < -0.3 is 9.72 Å². The van der Waals surface area contributed by atoms with Crippen molar-refractivity contribution in [3.8, 4) is 10.6 Å². The van der Waals surface area contributed by atoms with Gasteiger partial charge in [-0.1, -0.05) is 48.5 Å². The van der Waals surface area contributed by atoms with Gasteiger partial charge in [-0.15, -0.1) is 11.3 Å². The molecule has 0 aliphatic carbocycles. The van der Waals surface area contributed by atoms with Gasteiger partial charge in [0.15, 0.2) is 0 Å². The first kappa shape index (κ1) is 15.6. The minimum Gasteiger partial charge on any atom is -0.459 e. The number of nitrogens with zero attached hydrogens (tertiary/aromatic N) is 1. The molecule has 1 N–H and O–H groups in total. The zero-order valence-corrected chi connectivity index (χ0v) is 14.3. The van der Waals surface area contributed by atoms with Crippen molar-refractivity contribution in [2.45, 2.75) is 13.0 Å². The van der Waals surface area contributed by atoms with Crippen molar-refractivity contribution in [3.63, 3.8) is 0 Å². The fourth-order valence-electron chi connectivity index (χ4n) is 2.73. The Morgan fingerprint density at radius 1 is 1.08 bits per heavy atom. The molecule has 0 radical (unpaired) electrons. The van der Waals surface area contributed by atoms with Crippen LogP contribution in [0.5, 0.6) is 0 Å². The van der Waals surface area contributed by atoms with E-state index in [0.29, 0.717) is 0 Å². The Labute approximate surface area is 149 Å². The summed E-state index contributed by atoms with van der Waals surface area (Å²) in [7, 11) is 0. The van der Waals surface area contributed by atoms with Crippen LogP contribution in [-0.2, 0) is 22.6 Å². The average molecular weight is 348 g/mol. The van der Waals surface area contributed by atoms with E-state index in [1.54, 1.807) is 11.3 Å². The van der Waals surface area contributed by atoms with E-state index in [9.17, 15) is 4.79 Å². The number of ether oxygens (including phenoxy) is 1. The van der Waals surface area contributed by atoms with Crippen LogP contribution in [0.15, 0.2) is 66.2 Å². The van der Waals surface area contributed by atoms with Crippen LogP contribution in [0.25, 0.3) is 21.5 Å². The highest BCUT2D eigenvalue weighted by atomic mass is 32.1. The van der Waals surface area contributed by atoms with Gasteiger partial charge in [-0.3, -0.25) is 4.79 Å². The van der Waals surface area contributed by atoms with E-state index in [2.05, 4.69) is 9.97 Å². The van der Waals surface area contributed by atoms with Gasteiger partial charge >= 0.3 is 5.97 Å². The number of thiazole rings is 1. The minimum atomic E-state index is -0.251. The van der Waals surface area contributed by atoms with Crippen molar-refractivity contribution in [1.82, 2.24) is 9.97 Å². The lowest BCUT2D eigenvalue weighted by Gasteiger charge is -2.02. The Morgan fingerprint density at radius 3 is 2.76 bits per heavy atom. The Balaban J connectivity index is 1.38. The highest BCUT2D eigenvalue weighted by Crippen LogP contribution is 2.24. The van der Waals surface area contributed by atoms with Gasteiger partial charge in [-0.2, -0.15) is 0 Å². The Kier molecular flexibility index (Phi) is 4.31. The molecule has 25 heavy (non-hydrogen) atoms. The van der Waals surface area contributed by atoms with Crippen LogP contribution in [0.4, 0.5) is 0 Å². The van der Waals surface area contributed by atoms with Crippen LogP contribution in [0.1, 0.15) is 11.3 Å². The number of hydrogen-bond acceptors (Lipinski definition) is 4. The molecule has 0 bridgehead atoms. The van der Waals surface area contributed by atoms with E-state index in [1.165, 1.54) is 0 Å². The number of para-hydroxylation sites is 1. The standard InChI is InChI=1S/C20H16N2O2S/c23-19(10-15-11-21-18-9-5-4-8-17(15)18)24-12-16-13-25-20(22-16)14-6-2-1-3-7-14/h1-9,11,13,21H,10,12H2. The van der Waals surface area contributed by atoms with Crippen LogP contribution in [-0.4, -0.2) is 15.9 Å². The van der Waals surface area contributed by atoms with Crippen molar-refractivity contribution < 1.29 is 9.53 Å². The van der Waals surface area contributed by atoms with E-state index in [0.717, 1.165) is 32.7 Å². The first-order valence-electron chi connectivity index (χ1n) is 8.00. The number of hydrogen-bond donors (Lipinski definition) is 1. The summed E-state index contributed by atoms with van der Waals surface area (Å²) in [5, 5.41) is 3.92. The predicted molar refractivity (Wildman–Crippen MR) is 99.3 cm³/mol. The molecule has 4 rings (SSSR count). The van der Waals surface area contributed by atoms with Gasteiger partial charge in [0.2, 0.25) is 0 Å². The van der Waals surface area contributed by atoms with E-state index < -0.39 is 0 Å². The van der Waals surface area contributed by atoms with Crippen LogP contribution in [0, 0.1) is 0 Å². The number of carbonyl (C=O) groups is 1. The molecule has 0 spiro atoms. The normalized spacial score (nSPS) is 10.9. The van der Waals surface area contributed by atoms with Gasteiger partial charge in [0.05, 0.1) is 12.1 Å². The van der Waals surface area contributed by atoms with Gasteiger partial charge in [-0.25, -0.2) is 4.98 Å². The van der Waals surface area contributed by atoms with Crippen molar-refractivity contribution >= 4 is 28.2 Å². The van der Waals surface area contributed by atoms with Gasteiger partial charge in [0.1, 0.15) is 11.6 Å². The Morgan fingerprint density at radius 2 is 1.88 bits per heavy atom. The molecule has 0 aliphatic heterocycles. The molecule has 5 heteroatoms. The smallest absolute Gasteiger partial charge is 0.310 e. The first-order chi connectivity index (χ1) is 12.3. The number of esters is 1. The summed E-state index contributed by atoms with van der Waals surface area (Å²) in [5.41, 5.74) is 3.82. The topological polar surface area (TPSA) is 55.0 Å². The van der Waals surface area contributed by atoms with Crippen LogP contribution < -0.4 is 0 Å². The average Bonchev–Trinajstić information content (AvgIpc) is 3.28. The summed E-state index contributed by atoms with van der Waals surface area (Å²) in [6, 6.07) is 17.9. The molecule has 2 heterocycles. The quantitative estimate of drug-likeness (QED) is 0.537. The number of carbonyl (C=O) groups excluding carboxylic acids is 1. The molecule has 4 nitrogen and oxygen atoms in total.